The fourth-order valence-electron chi connectivity index (χ4n) is 2.92. The SMILES string of the molecule is Nc1cncc(-c2cnc3[nH]nc(-c4nc5ccccc5[nH]4)c3c2)c1. The van der Waals surface area contributed by atoms with E-state index in [9.17, 15) is 0 Å². The van der Waals surface area contributed by atoms with Crippen molar-refractivity contribution in [3.05, 3.63) is 55.0 Å². The molecule has 7 nitrogen and oxygen atoms in total. The van der Waals surface area contributed by atoms with Crippen molar-refractivity contribution in [1.82, 2.24) is 30.1 Å². The number of nitrogen functional groups attached to an aromatic ring is 1. The molecule has 0 saturated heterocycles. The minimum absolute atomic E-state index is 0.613. The Hall–Kier alpha value is -3.74. The molecule has 0 spiro atoms. The van der Waals surface area contributed by atoms with Crippen molar-refractivity contribution < 1.29 is 0 Å². The number of imidazole rings is 1. The average molecular weight is 327 g/mol. The van der Waals surface area contributed by atoms with E-state index in [4.69, 9.17) is 5.73 Å². The zero-order valence-electron chi connectivity index (χ0n) is 13.1. The largest absolute Gasteiger partial charge is 0.397 e. The van der Waals surface area contributed by atoms with Gasteiger partial charge in [0.25, 0.3) is 0 Å². The number of fused-ring (bicyclic) bond motifs is 2. The second-order valence-corrected chi connectivity index (χ2v) is 5.80. The second-order valence-electron chi connectivity index (χ2n) is 5.80. The predicted molar refractivity (Wildman–Crippen MR) is 96.6 cm³/mol. The number of aromatic amines is 2. The highest BCUT2D eigenvalue weighted by molar-refractivity contribution is 5.93. The van der Waals surface area contributed by atoms with E-state index < -0.39 is 0 Å². The maximum absolute atomic E-state index is 5.84. The minimum Gasteiger partial charge on any atom is -0.397 e. The van der Waals surface area contributed by atoms with Crippen LogP contribution in [0.3, 0.4) is 0 Å². The standard InChI is InChI=1S/C18H13N7/c19-12-5-10(7-20-9-12)11-6-13-16(24-25-17(13)21-8-11)18-22-14-3-1-2-4-15(14)23-18/h1-9H,19H2,(H,22,23)(H,21,24,25). The third kappa shape index (κ3) is 2.21. The smallest absolute Gasteiger partial charge is 0.159 e. The molecule has 25 heavy (non-hydrogen) atoms. The van der Waals surface area contributed by atoms with Crippen molar-refractivity contribution >= 4 is 27.8 Å². The lowest BCUT2D eigenvalue weighted by Crippen LogP contribution is -1.89. The summed E-state index contributed by atoms with van der Waals surface area (Å²) in [5.74, 6) is 0.706. The molecule has 0 atom stereocenters. The molecule has 120 valence electrons. The first-order chi connectivity index (χ1) is 12.3. The Morgan fingerprint density at radius 3 is 2.72 bits per heavy atom. The average Bonchev–Trinajstić information content (AvgIpc) is 3.24. The van der Waals surface area contributed by atoms with Crippen molar-refractivity contribution in [1.29, 1.82) is 0 Å². The molecule has 4 N–H and O–H groups in total. The van der Waals surface area contributed by atoms with Crippen LogP contribution in [0.4, 0.5) is 5.69 Å². The molecule has 0 radical (unpaired) electrons. The van der Waals surface area contributed by atoms with Gasteiger partial charge in [0.15, 0.2) is 11.5 Å². The molecule has 7 heteroatoms. The number of nitrogens with zero attached hydrogens (tertiary/aromatic N) is 4. The van der Waals surface area contributed by atoms with Crippen LogP contribution in [-0.4, -0.2) is 30.1 Å². The predicted octanol–water partition coefficient (Wildman–Crippen LogP) is 3.15. The summed E-state index contributed by atoms with van der Waals surface area (Å²) in [6.07, 6.45) is 5.16. The fraction of sp³-hybridized carbons (Fsp3) is 0. The molecule has 0 bridgehead atoms. The molecule has 5 rings (SSSR count). The molecule has 1 aromatic carbocycles. The Balaban J connectivity index is 1.70. The molecule has 0 unspecified atom stereocenters. The van der Waals surface area contributed by atoms with Crippen LogP contribution in [0.2, 0.25) is 0 Å². The van der Waals surface area contributed by atoms with Gasteiger partial charge in [-0.05, 0) is 24.3 Å². The first-order valence-electron chi connectivity index (χ1n) is 7.78. The Bertz CT molecular complexity index is 1190. The molecule has 4 heterocycles. The molecule has 0 aliphatic heterocycles. The minimum atomic E-state index is 0.613. The third-order valence-corrected chi connectivity index (χ3v) is 4.12. The molecule has 5 aromatic rings. The van der Waals surface area contributed by atoms with E-state index in [0.717, 1.165) is 33.2 Å². The number of H-pyrrole nitrogens is 2. The van der Waals surface area contributed by atoms with Gasteiger partial charge in [0, 0.05) is 29.7 Å². The summed E-state index contributed by atoms with van der Waals surface area (Å²) in [5, 5.41) is 8.24. The fourth-order valence-corrected chi connectivity index (χ4v) is 2.92. The van der Waals surface area contributed by atoms with Crippen molar-refractivity contribution in [3.8, 4) is 22.6 Å². The molecule has 0 amide bonds. The monoisotopic (exact) mass is 327 g/mol. The maximum Gasteiger partial charge on any atom is 0.159 e. The number of benzene rings is 1. The van der Waals surface area contributed by atoms with E-state index >= 15 is 0 Å². The van der Waals surface area contributed by atoms with Gasteiger partial charge in [0.05, 0.1) is 22.1 Å². The van der Waals surface area contributed by atoms with Gasteiger partial charge < -0.3 is 10.7 Å². The lowest BCUT2D eigenvalue weighted by molar-refractivity contribution is 1.09. The number of nitrogens with two attached hydrogens (primary N) is 1. The summed E-state index contributed by atoms with van der Waals surface area (Å²) in [5.41, 5.74) is 11.6. The van der Waals surface area contributed by atoms with Gasteiger partial charge in [-0.25, -0.2) is 9.97 Å². The van der Waals surface area contributed by atoms with Crippen LogP contribution in [0.5, 0.6) is 0 Å². The van der Waals surface area contributed by atoms with E-state index in [1.54, 1.807) is 18.6 Å². The molecule has 0 fully saturated rings. The third-order valence-electron chi connectivity index (χ3n) is 4.12. The number of pyridine rings is 2. The second kappa shape index (κ2) is 5.13. The summed E-state index contributed by atoms with van der Waals surface area (Å²) in [4.78, 5) is 16.5. The van der Waals surface area contributed by atoms with Crippen LogP contribution >= 0.6 is 0 Å². The zero-order valence-corrected chi connectivity index (χ0v) is 13.1. The summed E-state index contributed by atoms with van der Waals surface area (Å²) in [7, 11) is 0. The molecule has 0 saturated carbocycles. The summed E-state index contributed by atoms with van der Waals surface area (Å²) in [6, 6.07) is 11.8. The van der Waals surface area contributed by atoms with Crippen molar-refractivity contribution in [3.63, 3.8) is 0 Å². The number of aromatic nitrogens is 6. The molecule has 0 aliphatic carbocycles. The first-order valence-corrected chi connectivity index (χ1v) is 7.78. The van der Waals surface area contributed by atoms with E-state index in [1.807, 2.05) is 36.4 Å². The van der Waals surface area contributed by atoms with Crippen LogP contribution in [0.1, 0.15) is 0 Å². The Morgan fingerprint density at radius 1 is 0.960 bits per heavy atom. The van der Waals surface area contributed by atoms with Crippen LogP contribution in [0, 0.1) is 0 Å². The maximum atomic E-state index is 5.84. The van der Waals surface area contributed by atoms with E-state index in [1.165, 1.54) is 0 Å². The van der Waals surface area contributed by atoms with Crippen molar-refractivity contribution in [2.24, 2.45) is 0 Å². The highest BCUT2D eigenvalue weighted by atomic mass is 15.2. The van der Waals surface area contributed by atoms with Crippen LogP contribution in [-0.2, 0) is 0 Å². The van der Waals surface area contributed by atoms with Gasteiger partial charge in [-0.15, -0.1) is 0 Å². The molecule has 0 aliphatic rings. The molecule has 4 aromatic heterocycles. The lowest BCUT2D eigenvalue weighted by atomic mass is 10.1. The normalized spacial score (nSPS) is 11.4. The highest BCUT2D eigenvalue weighted by Gasteiger charge is 2.14. The van der Waals surface area contributed by atoms with Gasteiger partial charge in [0.1, 0.15) is 5.69 Å². The van der Waals surface area contributed by atoms with E-state index in [0.29, 0.717) is 17.2 Å². The van der Waals surface area contributed by atoms with Crippen LogP contribution in [0.25, 0.3) is 44.7 Å². The zero-order chi connectivity index (χ0) is 16.8. The Morgan fingerprint density at radius 2 is 1.84 bits per heavy atom. The molecular weight excluding hydrogens is 314 g/mol. The van der Waals surface area contributed by atoms with Gasteiger partial charge >= 0.3 is 0 Å². The Labute approximate surface area is 142 Å². The summed E-state index contributed by atoms with van der Waals surface area (Å²) >= 11 is 0. The Kier molecular flexibility index (Phi) is 2.81. The van der Waals surface area contributed by atoms with Gasteiger partial charge in [0.2, 0.25) is 0 Å². The molecular formula is C18H13N7. The van der Waals surface area contributed by atoms with Gasteiger partial charge in [-0.1, -0.05) is 12.1 Å². The highest BCUT2D eigenvalue weighted by Crippen LogP contribution is 2.29. The van der Waals surface area contributed by atoms with E-state index in [-0.39, 0.29) is 0 Å². The number of hydrogen-bond acceptors (Lipinski definition) is 5. The summed E-state index contributed by atoms with van der Waals surface area (Å²) in [6.45, 7) is 0. The number of nitrogens with one attached hydrogen (secondary N) is 2. The number of anilines is 1. The van der Waals surface area contributed by atoms with Gasteiger partial charge in [-0.2, -0.15) is 5.10 Å². The number of rotatable bonds is 2. The quantitative estimate of drug-likeness (QED) is 0.461. The number of para-hydroxylation sites is 2. The summed E-state index contributed by atoms with van der Waals surface area (Å²) < 4.78 is 0. The first kappa shape index (κ1) is 13.7. The number of hydrogen-bond donors (Lipinski definition) is 3. The van der Waals surface area contributed by atoms with Crippen molar-refractivity contribution in [2.45, 2.75) is 0 Å². The lowest BCUT2D eigenvalue weighted by Gasteiger charge is -2.02. The van der Waals surface area contributed by atoms with E-state index in [2.05, 4.69) is 30.1 Å². The van der Waals surface area contributed by atoms with Gasteiger partial charge in [-0.3, -0.25) is 10.1 Å². The topological polar surface area (TPSA) is 109 Å². The van der Waals surface area contributed by atoms with Crippen LogP contribution < -0.4 is 5.73 Å². The van der Waals surface area contributed by atoms with Crippen LogP contribution in [0.15, 0.2) is 55.0 Å². The van der Waals surface area contributed by atoms with Crippen molar-refractivity contribution in [2.75, 3.05) is 5.73 Å².